The summed E-state index contributed by atoms with van der Waals surface area (Å²) in [5, 5.41) is 12.4. The van der Waals surface area contributed by atoms with Crippen LogP contribution in [0.1, 0.15) is 24.2 Å². The standard InChI is InChI=1S/C14H19ClN2O3/c1-9(2)7-16-13(19)8-17(3)14(20)11-6-10(18)4-5-12(11)15/h4-6,9,18H,7-8H2,1-3H3,(H,16,19). The number of halogens is 1. The van der Waals surface area contributed by atoms with Crippen molar-refractivity contribution in [1.29, 1.82) is 0 Å². The number of benzene rings is 1. The monoisotopic (exact) mass is 298 g/mol. The Morgan fingerprint density at radius 2 is 2.05 bits per heavy atom. The van der Waals surface area contributed by atoms with Crippen molar-refractivity contribution in [2.45, 2.75) is 13.8 Å². The highest BCUT2D eigenvalue weighted by Gasteiger charge is 2.18. The van der Waals surface area contributed by atoms with E-state index in [1.165, 1.54) is 30.1 Å². The molecule has 0 unspecified atom stereocenters. The maximum absolute atomic E-state index is 12.1. The number of carbonyl (C=O) groups excluding carboxylic acids is 2. The van der Waals surface area contributed by atoms with Crippen molar-refractivity contribution in [2.75, 3.05) is 20.1 Å². The molecule has 0 fully saturated rings. The van der Waals surface area contributed by atoms with Crippen molar-refractivity contribution in [1.82, 2.24) is 10.2 Å². The maximum atomic E-state index is 12.1. The molecule has 0 aliphatic heterocycles. The number of phenols is 1. The second kappa shape index (κ2) is 7.14. The molecule has 0 saturated carbocycles. The summed E-state index contributed by atoms with van der Waals surface area (Å²) in [6.45, 7) is 4.48. The first-order valence-electron chi connectivity index (χ1n) is 6.32. The Kier molecular flexibility index (Phi) is 5.82. The van der Waals surface area contributed by atoms with Gasteiger partial charge in [0.15, 0.2) is 0 Å². The van der Waals surface area contributed by atoms with Gasteiger partial charge in [0, 0.05) is 13.6 Å². The highest BCUT2D eigenvalue weighted by atomic mass is 35.5. The van der Waals surface area contributed by atoms with Crippen LogP contribution in [-0.2, 0) is 4.79 Å². The highest BCUT2D eigenvalue weighted by molar-refractivity contribution is 6.33. The van der Waals surface area contributed by atoms with E-state index in [4.69, 9.17) is 11.6 Å². The third-order valence-electron chi connectivity index (χ3n) is 2.62. The third-order valence-corrected chi connectivity index (χ3v) is 2.94. The van der Waals surface area contributed by atoms with Gasteiger partial charge in [-0.3, -0.25) is 9.59 Å². The van der Waals surface area contributed by atoms with Crippen LogP contribution in [0.15, 0.2) is 18.2 Å². The normalized spacial score (nSPS) is 10.4. The number of hydrogen-bond donors (Lipinski definition) is 2. The van der Waals surface area contributed by atoms with Crippen molar-refractivity contribution in [3.63, 3.8) is 0 Å². The van der Waals surface area contributed by atoms with Crippen LogP contribution in [0.5, 0.6) is 5.75 Å². The first-order chi connectivity index (χ1) is 9.31. The number of carbonyl (C=O) groups is 2. The SMILES string of the molecule is CC(C)CNC(=O)CN(C)C(=O)c1cc(O)ccc1Cl. The molecule has 1 aromatic rings. The van der Waals surface area contributed by atoms with Crippen molar-refractivity contribution in [2.24, 2.45) is 5.92 Å². The van der Waals surface area contributed by atoms with Crippen molar-refractivity contribution < 1.29 is 14.7 Å². The first kappa shape index (κ1) is 16.3. The van der Waals surface area contributed by atoms with Crippen LogP contribution < -0.4 is 5.32 Å². The largest absolute Gasteiger partial charge is 0.508 e. The molecule has 5 nitrogen and oxygen atoms in total. The second-order valence-corrected chi connectivity index (χ2v) is 5.43. The van der Waals surface area contributed by atoms with Crippen LogP contribution in [0.3, 0.4) is 0 Å². The molecule has 1 aromatic carbocycles. The topological polar surface area (TPSA) is 69.6 Å². The summed E-state index contributed by atoms with van der Waals surface area (Å²) in [7, 11) is 1.51. The van der Waals surface area contributed by atoms with E-state index >= 15 is 0 Å². The fourth-order valence-electron chi connectivity index (χ4n) is 1.54. The molecule has 0 aromatic heterocycles. The summed E-state index contributed by atoms with van der Waals surface area (Å²) in [6, 6.07) is 4.12. The number of nitrogens with one attached hydrogen (secondary N) is 1. The van der Waals surface area contributed by atoms with Gasteiger partial charge in [-0.1, -0.05) is 25.4 Å². The molecule has 110 valence electrons. The van der Waals surface area contributed by atoms with Crippen molar-refractivity contribution in [3.8, 4) is 5.75 Å². The van der Waals surface area contributed by atoms with Crippen LogP contribution in [0.25, 0.3) is 0 Å². The van der Waals surface area contributed by atoms with Gasteiger partial charge in [0.25, 0.3) is 5.91 Å². The molecule has 0 heterocycles. The minimum absolute atomic E-state index is 0.0459. The van der Waals surface area contributed by atoms with Crippen LogP contribution in [-0.4, -0.2) is 42.0 Å². The zero-order chi connectivity index (χ0) is 15.3. The zero-order valence-corrected chi connectivity index (χ0v) is 12.6. The van der Waals surface area contributed by atoms with Crippen LogP contribution in [0.4, 0.5) is 0 Å². The Bertz CT molecular complexity index is 503. The molecule has 0 radical (unpaired) electrons. The summed E-state index contributed by atoms with van der Waals surface area (Å²) < 4.78 is 0. The molecule has 2 N–H and O–H groups in total. The third kappa shape index (κ3) is 4.74. The minimum atomic E-state index is -0.411. The number of amides is 2. The van der Waals surface area contributed by atoms with Gasteiger partial charge in [-0.2, -0.15) is 0 Å². The Balaban J connectivity index is 2.67. The minimum Gasteiger partial charge on any atom is -0.508 e. The number of aromatic hydroxyl groups is 1. The smallest absolute Gasteiger partial charge is 0.255 e. The molecule has 2 amide bonds. The Morgan fingerprint density at radius 1 is 1.40 bits per heavy atom. The lowest BCUT2D eigenvalue weighted by Gasteiger charge is -2.18. The maximum Gasteiger partial charge on any atom is 0.255 e. The van der Waals surface area contributed by atoms with E-state index in [2.05, 4.69) is 5.32 Å². The number of phenolic OH excluding ortho intramolecular Hbond substituents is 1. The van der Waals surface area contributed by atoms with Gasteiger partial charge in [-0.25, -0.2) is 0 Å². The van der Waals surface area contributed by atoms with E-state index in [0.29, 0.717) is 12.5 Å². The van der Waals surface area contributed by atoms with Gasteiger partial charge in [-0.15, -0.1) is 0 Å². The van der Waals surface area contributed by atoms with E-state index < -0.39 is 5.91 Å². The Morgan fingerprint density at radius 3 is 2.65 bits per heavy atom. The number of hydrogen-bond acceptors (Lipinski definition) is 3. The predicted octanol–water partition coefficient (Wildman–Crippen LogP) is 1.89. The summed E-state index contributed by atoms with van der Waals surface area (Å²) in [4.78, 5) is 25.1. The van der Waals surface area contributed by atoms with Crippen LogP contribution >= 0.6 is 11.6 Å². The number of likely N-dealkylation sites (N-methyl/N-ethyl adjacent to an activating group) is 1. The molecule has 6 heteroatoms. The number of nitrogens with zero attached hydrogens (tertiary/aromatic N) is 1. The molecule has 0 saturated heterocycles. The lowest BCUT2D eigenvalue weighted by molar-refractivity contribution is -0.121. The lowest BCUT2D eigenvalue weighted by atomic mass is 10.2. The van der Waals surface area contributed by atoms with Gasteiger partial charge >= 0.3 is 0 Å². The number of rotatable bonds is 5. The highest BCUT2D eigenvalue weighted by Crippen LogP contribution is 2.22. The van der Waals surface area contributed by atoms with E-state index in [-0.39, 0.29) is 28.8 Å². The summed E-state index contributed by atoms with van der Waals surface area (Å²) in [5.41, 5.74) is 0.172. The summed E-state index contributed by atoms with van der Waals surface area (Å²) >= 11 is 5.92. The van der Waals surface area contributed by atoms with Gasteiger partial charge in [0.1, 0.15) is 5.75 Å². The zero-order valence-electron chi connectivity index (χ0n) is 11.8. The molecular weight excluding hydrogens is 280 g/mol. The predicted molar refractivity (Wildman–Crippen MR) is 77.9 cm³/mol. The molecule has 0 aliphatic carbocycles. The average Bonchev–Trinajstić information content (AvgIpc) is 2.38. The Hall–Kier alpha value is -1.75. The van der Waals surface area contributed by atoms with Gasteiger partial charge < -0.3 is 15.3 Å². The average molecular weight is 299 g/mol. The quantitative estimate of drug-likeness (QED) is 0.872. The van der Waals surface area contributed by atoms with Gasteiger partial charge in [0.05, 0.1) is 17.1 Å². The summed E-state index contributed by atoms with van der Waals surface area (Å²) in [5.74, 6) is -0.340. The van der Waals surface area contributed by atoms with E-state index in [1.807, 2.05) is 13.8 Å². The molecule has 1 rings (SSSR count). The first-order valence-corrected chi connectivity index (χ1v) is 6.69. The van der Waals surface area contributed by atoms with Crippen molar-refractivity contribution in [3.05, 3.63) is 28.8 Å². The molecule has 0 aliphatic rings. The lowest BCUT2D eigenvalue weighted by Crippen LogP contribution is -2.39. The van der Waals surface area contributed by atoms with Crippen LogP contribution in [0, 0.1) is 5.92 Å². The van der Waals surface area contributed by atoms with Gasteiger partial charge in [-0.05, 0) is 24.1 Å². The molecule has 20 heavy (non-hydrogen) atoms. The molecule has 0 atom stereocenters. The second-order valence-electron chi connectivity index (χ2n) is 5.02. The van der Waals surface area contributed by atoms with Crippen LogP contribution in [0.2, 0.25) is 5.02 Å². The fourth-order valence-corrected chi connectivity index (χ4v) is 1.74. The van der Waals surface area contributed by atoms with Crippen molar-refractivity contribution >= 4 is 23.4 Å². The fraction of sp³-hybridized carbons (Fsp3) is 0.429. The molecule has 0 bridgehead atoms. The van der Waals surface area contributed by atoms with E-state index in [1.54, 1.807) is 0 Å². The van der Waals surface area contributed by atoms with Gasteiger partial charge in [0.2, 0.25) is 5.91 Å². The Labute approximate surface area is 123 Å². The summed E-state index contributed by atoms with van der Waals surface area (Å²) in [6.07, 6.45) is 0. The van der Waals surface area contributed by atoms with E-state index in [9.17, 15) is 14.7 Å². The molecule has 0 spiro atoms. The molecular formula is C14H19ClN2O3. The van der Waals surface area contributed by atoms with E-state index in [0.717, 1.165) is 0 Å².